The van der Waals surface area contributed by atoms with E-state index in [1.807, 2.05) is 30.3 Å². The molecule has 0 aliphatic carbocycles. The summed E-state index contributed by atoms with van der Waals surface area (Å²) >= 11 is 0. The van der Waals surface area contributed by atoms with Crippen LogP contribution >= 0.6 is 0 Å². The molecule has 0 bridgehead atoms. The third-order valence-electron chi connectivity index (χ3n) is 2.63. The molecule has 3 N–H and O–H groups in total. The average molecular weight is 240 g/mol. The lowest BCUT2D eigenvalue weighted by molar-refractivity contribution is 0.306. The maximum absolute atomic E-state index is 5.69. The quantitative estimate of drug-likeness (QED) is 0.735. The summed E-state index contributed by atoms with van der Waals surface area (Å²) in [6, 6.07) is 9.49. The van der Waals surface area contributed by atoms with Crippen molar-refractivity contribution in [2.24, 2.45) is 0 Å². The molecule has 5 nitrogen and oxygen atoms in total. The summed E-state index contributed by atoms with van der Waals surface area (Å²) in [6.45, 7) is 0.512. The second-order valence-corrected chi connectivity index (χ2v) is 3.95. The Morgan fingerprint density at radius 2 is 2.00 bits per heavy atom. The van der Waals surface area contributed by atoms with E-state index < -0.39 is 0 Å². The first-order chi connectivity index (χ1) is 8.81. The molecule has 2 aromatic heterocycles. The Morgan fingerprint density at radius 1 is 1.17 bits per heavy atom. The molecule has 1 aromatic carbocycles. The van der Waals surface area contributed by atoms with E-state index >= 15 is 0 Å². The Morgan fingerprint density at radius 3 is 2.83 bits per heavy atom. The SMILES string of the molecule is Nc1nc2ccc(OCc3ccncc3)cc2[nH]1. The zero-order valence-corrected chi connectivity index (χ0v) is 9.63. The van der Waals surface area contributed by atoms with E-state index in [0.717, 1.165) is 22.3 Å². The molecular weight excluding hydrogens is 228 g/mol. The molecule has 5 heteroatoms. The molecule has 0 unspecified atom stereocenters. The molecule has 90 valence electrons. The number of anilines is 1. The number of nitrogens with two attached hydrogens (primary N) is 1. The van der Waals surface area contributed by atoms with Crippen LogP contribution in [0.5, 0.6) is 5.75 Å². The standard InChI is InChI=1S/C13H12N4O/c14-13-16-11-2-1-10(7-12(11)17-13)18-8-9-3-5-15-6-4-9/h1-7H,8H2,(H3,14,16,17). The number of ether oxygens (including phenoxy) is 1. The first kappa shape index (κ1) is 10.6. The van der Waals surface area contributed by atoms with E-state index in [9.17, 15) is 0 Å². The minimum atomic E-state index is 0.413. The number of nitrogens with one attached hydrogen (secondary N) is 1. The molecule has 0 saturated carbocycles. The molecule has 3 aromatic rings. The van der Waals surface area contributed by atoms with Crippen molar-refractivity contribution in [3.8, 4) is 5.75 Å². The Hall–Kier alpha value is -2.56. The maximum Gasteiger partial charge on any atom is 0.198 e. The number of aromatic amines is 1. The average Bonchev–Trinajstić information content (AvgIpc) is 2.77. The van der Waals surface area contributed by atoms with Gasteiger partial charge in [0, 0.05) is 18.5 Å². The lowest BCUT2D eigenvalue weighted by Crippen LogP contribution is -1.95. The van der Waals surface area contributed by atoms with Crippen LogP contribution in [-0.2, 0) is 6.61 Å². The molecule has 0 saturated heterocycles. The number of benzene rings is 1. The Labute approximate surface area is 104 Å². The predicted octanol–water partition coefficient (Wildman–Crippen LogP) is 2.12. The molecule has 0 spiro atoms. The van der Waals surface area contributed by atoms with Crippen LogP contribution in [0, 0.1) is 0 Å². The summed E-state index contributed by atoms with van der Waals surface area (Å²) in [4.78, 5) is 11.1. The van der Waals surface area contributed by atoms with Gasteiger partial charge in [-0.1, -0.05) is 0 Å². The van der Waals surface area contributed by atoms with E-state index in [-0.39, 0.29) is 0 Å². The van der Waals surface area contributed by atoms with Gasteiger partial charge < -0.3 is 15.5 Å². The number of rotatable bonds is 3. The highest BCUT2D eigenvalue weighted by Gasteiger charge is 2.02. The second kappa shape index (κ2) is 4.37. The summed E-state index contributed by atoms with van der Waals surface area (Å²) in [5.74, 6) is 1.19. The number of hydrogen-bond acceptors (Lipinski definition) is 4. The summed E-state index contributed by atoms with van der Waals surface area (Å²) in [5, 5.41) is 0. The lowest BCUT2D eigenvalue weighted by Gasteiger charge is -2.05. The fourth-order valence-corrected chi connectivity index (χ4v) is 1.74. The van der Waals surface area contributed by atoms with Crippen LogP contribution < -0.4 is 10.5 Å². The second-order valence-electron chi connectivity index (χ2n) is 3.95. The third-order valence-corrected chi connectivity index (χ3v) is 2.63. The number of hydrogen-bond donors (Lipinski definition) is 2. The zero-order chi connectivity index (χ0) is 12.4. The van der Waals surface area contributed by atoms with Gasteiger partial charge in [-0.15, -0.1) is 0 Å². The van der Waals surface area contributed by atoms with Crippen LogP contribution in [0.3, 0.4) is 0 Å². The molecule has 0 fully saturated rings. The molecular formula is C13H12N4O. The number of aromatic nitrogens is 3. The van der Waals surface area contributed by atoms with Crippen LogP contribution in [0.15, 0.2) is 42.7 Å². The minimum Gasteiger partial charge on any atom is -0.489 e. The van der Waals surface area contributed by atoms with Crippen LogP contribution in [0.1, 0.15) is 5.56 Å². The van der Waals surface area contributed by atoms with Crippen LogP contribution in [0.4, 0.5) is 5.95 Å². The Balaban J connectivity index is 1.78. The van der Waals surface area contributed by atoms with Crippen LogP contribution in [0.25, 0.3) is 11.0 Å². The van der Waals surface area contributed by atoms with E-state index in [1.54, 1.807) is 12.4 Å². The summed E-state index contributed by atoms with van der Waals surface area (Å²) in [5.41, 5.74) is 8.38. The van der Waals surface area contributed by atoms with Gasteiger partial charge in [-0.3, -0.25) is 4.98 Å². The van der Waals surface area contributed by atoms with Crippen molar-refractivity contribution in [3.05, 3.63) is 48.3 Å². The lowest BCUT2D eigenvalue weighted by atomic mass is 10.3. The van der Waals surface area contributed by atoms with Crippen molar-refractivity contribution in [2.45, 2.75) is 6.61 Å². The molecule has 0 aliphatic rings. The van der Waals surface area contributed by atoms with Gasteiger partial charge >= 0.3 is 0 Å². The van der Waals surface area contributed by atoms with Crippen molar-refractivity contribution >= 4 is 17.0 Å². The molecule has 2 heterocycles. The van der Waals surface area contributed by atoms with E-state index in [0.29, 0.717) is 12.6 Å². The Kier molecular flexibility index (Phi) is 2.57. The van der Waals surface area contributed by atoms with Crippen molar-refractivity contribution in [1.82, 2.24) is 15.0 Å². The summed E-state index contributed by atoms with van der Waals surface area (Å²) in [6.07, 6.45) is 3.50. The molecule has 0 aliphatic heterocycles. The van der Waals surface area contributed by atoms with Gasteiger partial charge in [0.05, 0.1) is 11.0 Å². The van der Waals surface area contributed by atoms with E-state index in [2.05, 4.69) is 15.0 Å². The number of nitrogens with zero attached hydrogens (tertiary/aromatic N) is 2. The molecule has 0 amide bonds. The third kappa shape index (κ3) is 2.10. The highest BCUT2D eigenvalue weighted by molar-refractivity contribution is 5.78. The van der Waals surface area contributed by atoms with Crippen molar-refractivity contribution in [2.75, 3.05) is 5.73 Å². The van der Waals surface area contributed by atoms with Crippen molar-refractivity contribution in [3.63, 3.8) is 0 Å². The van der Waals surface area contributed by atoms with Gasteiger partial charge in [-0.05, 0) is 29.8 Å². The Bertz CT molecular complexity index is 663. The van der Waals surface area contributed by atoms with Crippen LogP contribution in [-0.4, -0.2) is 15.0 Å². The van der Waals surface area contributed by atoms with Crippen molar-refractivity contribution < 1.29 is 4.74 Å². The normalized spacial score (nSPS) is 10.7. The van der Waals surface area contributed by atoms with Gasteiger partial charge in [0.2, 0.25) is 0 Å². The van der Waals surface area contributed by atoms with Crippen LogP contribution in [0.2, 0.25) is 0 Å². The highest BCUT2D eigenvalue weighted by Crippen LogP contribution is 2.20. The first-order valence-corrected chi connectivity index (χ1v) is 5.58. The van der Waals surface area contributed by atoms with Gasteiger partial charge in [0.25, 0.3) is 0 Å². The summed E-state index contributed by atoms with van der Waals surface area (Å²) < 4.78 is 5.69. The van der Waals surface area contributed by atoms with E-state index in [4.69, 9.17) is 10.5 Å². The fraction of sp³-hybridized carbons (Fsp3) is 0.0769. The topological polar surface area (TPSA) is 76.8 Å². The smallest absolute Gasteiger partial charge is 0.198 e. The summed E-state index contributed by atoms with van der Waals surface area (Å²) in [7, 11) is 0. The number of imidazole rings is 1. The molecule has 3 rings (SSSR count). The van der Waals surface area contributed by atoms with Gasteiger partial charge in [-0.25, -0.2) is 4.98 Å². The minimum absolute atomic E-state index is 0.413. The number of nitrogen functional groups attached to an aromatic ring is 1. The van der Waals surface area contributed by atoms with Crippen molar-refractivity contribution in [1.29, 1.82) is 0 Å². The maximum atomic E-state index is 5.69. The fourth-order valence-electron chi connectivity index (χ4n) is 1.74. The number of H-pyrrole nitrogens is 1. The predicted molar refractivity (Wildman–Crippen MR) is 69.1 cm³/mol. The zero-order valence-electron chi connectivity index (χ0n) is 9.63. The van der Waals surface area contributed by atoms with Gasteiger partial charge in [0.15, 0.2) is 5.95 Å². The number of fused-ring (bicyclic) bond motifs is 1. The number of pyridine rings is 1. The van der Waals surface area contributed by atoms with Gasteiger partial charge in [0.1, 0.15) is 12.4 Å². The largest absolute Gasteiger partial charge is 0.489 e. The molecule has 0 atom stereocenters. The highest BCUT2D eigenvalue weighted by atomic mass is 16.5. The monoisotopic (exact) mass is 240 g/mol. The molecule has 18 heavy (non-hydrogen) atoms. The molecule has 0 radical (unpaired) electrons. The van der Waals surface area contributed by atoms with Gasteiger partial charge in [-0.2, -0.15) is 0 Å². The first-order valence-electron chi connectivity index (χ1n) is 5.58. The van der Waals surface area contributed by atoms with E-state index in [1.165, 1.54) is 0 Å².